The average Bonchev–Trinajstić information content (AvgIpc) is 2.70. The maximum atomic E-state index is 10.3. The van der Waals surface area contributed by atoms with Gasteiger partial charge in [0.2, 0.25) is 0 Å². The van der Waals surface area contributed by atoms with E-state index in [1.54, 1.807) is 0 Å². The van der Waals surface area contributed by atoms with Crippen LogP contribution in [0.1, 0.15) is 31.8 Å². The number of rotatable bonds is 4. The minimum Gasteiger partial charge on any atom is -0.478 e. The monoisotopic (exact) mass is 364 g/mol. The van der Waals surface area contributed by atoms with Crippen LogP contribution in [0.2, 0.25) is 0 Å². The molecule has 0 bridgehead atoms. The van der Waals surface area contributed by atoms with E-state index in [1.807, 2.05) is 60.7 Å². The minimum absolute atomic E-state index is 0.0833. The molecule has 0 unspecified atom stereocenters. The number of carboxylic acid groups (broad SMARTS) is 2. The van der Waals surface area contributed by atoms with Gasteiger partial charge in [0.25, 0.3) is 0 Å². The van der Waals surface area contributed by atoms with Gasteiger partial charge in [-0.15, -0.1) is 0 Å². The van der Waals surface area contributed by atoms with E-state index < -0.39 is 17.6 Å². The predicted octanol–water partition coefficient (Wildman–Crippen LogP) is 2.89. The van der Waals surface area contributed by atoms with Gasteiger partial charge in [-0.1, -0.05) is 60.7 Å². The van der Waals surface area contributed by atoms with E-state index in [4.69, 9.17) is 21.7 Å². The number of benzene rings is 3. The molecule has 0 saturated carbocycles. The highest BCUT2D eigenvalue weighted by molar-refractivity contribution is 5.91. The Bertz CT molecular complexity index is 818. The summed E-state index contributed by atoms with van der Waals surface area (Å²) in [4.78, 5) is 20.7. The van der Waals surface area contributed by atoms with E-state index in [9.17, 15) is 9.59 Å². The molecule has 3 aromatic rings. The molecule has 6 N–H and O–H groups in total. The van der Waals surface area contributed by atoms with Crippen LogP contribution in [0.5, 0.6) is 0 Å². The van der Waals surface area contributed by atoms with Gasteiger partial charge in [0.1, 0.15) is 5.66 Å². The van der Waals surface area contributed by atoms with Gasteiger partial charge in [0.15, 0.2) is 0 Å². The van der Waals surface area contributed by atoms with Crippen LogP contribution in [0.3, 0.4) is 0 Å². The molecular formula is C21H20N2O4. The Balaban J connectivity index is 0.000000199. The Hall–Kier alpha value is -3.48. The normalized spacial score (nSPS) is 10.4. The molecule has 0 fully saturated rings. The van der Waals surface area contributed by atoms with Gasteiger partial charge < -0.3 is 21.7 Å². The lowest BCUT2D eigenvalue weighted by Gasteiger charge is -2.25. The first-order valence-electron chi connectivity index (χ1n) is 8.08. The van der Waals surface area contributed by atoms with Crippen molar-refractivity contribution in [2.45, 2.75) is 5.66 Å². The first-order chi connectivity index (χ1) is 12.8. The molecule has 3 rings (SSSR count). The fraction of sp³-hybridized carbons (Fsp3) is 0.0476. The van der Waals surface area contributed by atoms with Crippen molar-refractivity contribution in [3.8, 4) is 0 Å². The quantitative estimate of drug-likeness (QED) is 0.527. The van der Waals surface area contributed by atoms with E-state index in [0.29, 0.717) is 0 Å². The first kappa shape index (κ1) is 19.8. The summed E-state index contributed by atoms with van der Waals surface area (Å²) in [6.07, 6.45) is 0. The van der Waals surface area contributed by atoms with Crippen molar-refractivity contribution in [3.63, 3.8) is 0 Å². The highest BCUT2D eigenvalue weighted by Crippen LogP contribution is 2.20. The largest absolute Gasteiger partial charge is 0.478 e. The molecule has 0 aliphatic carbocycles. The summed E-state index contributed by atoms with van der Waals surface area (Å²) in [6, 6.07) is 24.4. The van der Waals surface area contributed by atoms with Crippen molar-refractivity contribution >= 4 is 11.9 Å². The molecule has 0 atom stereocenters. The maximum absolute atomic E-state index is 10.3. The Labute approximate surface area is 156 Å². The van der Waals surface area contributed by atoms with Crippen LogP contribution in [0, 0.1) is 0 Å². The summed E-state index contributed by atoms with van der Waals surface area (Å²) in [7, 11) is 0. The average molecular weight is 364 g/mol. The molecular weight excluding hydrogens is 344 g/mol. The van der Waals surface area contributed by atoms with Gasteiger partial charge in [-0.3, -0.25) is 0 Å². The zero-order valence-corrected chi connectivity index (χ0v) is 14.4. The van der Waals surface area contributed by atoms with Crippen molar-refractivity contribution in [3.05, 3.63) is 107 Å². The molecule has 0 saturated heterocycles. The fourth-order valence-corrected chi connectivity index (χ4v) is 2.35. The second-order valence-corrected chi connectivity index (χ2v) is 5.79. The molecule has 6 heteroatoms. The molecule has 138 valence electrons. The first-order valence-corrected chi connectivity index (χ1v) is 8.08. The van der Waals surface area contributed by atoms with E-state index in [1.165, 1.54) is 24.3 Å². The Morgan fingerprint density at radius 1 is 0.593 bits per heavy atom. The lowest BCUT2D eigenvalue weighted by molar-refractivity contribution is 0.0681. The van der Waals surface area contributed by atoms with Crippen LogP contribution >= 0.6 is 0 Å². The van der Waals surface area contributed by atoms with Gasteiger partial charge >= 0.3 is 11.9 Å². The standard InChI is InChI=1S/C13H14N2.C8H6O4/c14-13(15,11-7-3-1-4-8-11)12-9-5-2-6-10-12;9-7(10)5-1-2-6(4-3-5)8(11)12/h1-10H,14-15H2;1-4H,(H,9,10)(H,11,12). The summed E-state index contributed by atoms with van der Waals surface area (Å²) in [6.45, 7) is 0. The second-order valence-electron chi connectivity index (χ2n) is 5.79. The van der Waals surface area contributed by atoms with Crippen molar-refractivity contribution < 1.29 is 19.8 Å². The number of aromatic carboxylic acids is 2. The summed E-state index contributed by atoms with van der Waals surface area (Å²) in [5.74, 6) is -2.13. The van der Waals surface area contributed by atoms with Crippen LogP contribution in [0.4, 0.5) is 0 Å². The lowest BCUT2D eigenvalue weighted by Crippen LogP contribution is -2.46. The van der Waals surface area contributed by atoms with Gasteiger partial charge in [-0.2, -0.15) is 0 Å². The van der Waals surface area contributed by atoms with Gasteiger partial charge in [-0.25, -0.2) is 9.59 Å². The van der Waals surface area contributed by atoms with Gasteiger partial charge in [0.05, 0.1) is 11.1 Å². The molecule has 0 heterocycles. The Morgan fingerprint density at radius 2 is 0.889 bits per heavy atom. The van der Waals surface area contributed by atoms with E-state index in [2.05, 4.69) is 0 Å². The molecule has 27 heavy (non-hydrogen) atoms. The molecule has 0 aromatic heterocycles. The zero-order chi connectivity index (χ0) is 19.9. The maximum Gasteiger partial charge on any atom is 0.335 e. The van der Waals surface area contributed by atoms with Gasteiger partial charge in [0, 0.05) is 0 Å². The predicted molar refractivity (Wildman–Crippen MR) is 102 cm³/mol. The summed E-state index contributed by atoms with van der Waals surface area (Å²) in [5, 5.41) is 16.9. The molecule has 0 amide bonds. The number of carbonyl (C=O) groups is 2. The van der Waals surface area contributed by atoms with Crippen LogP contribution in [0.25, 0.3) is 0 Å². The van der Waals surface area contributed by atoms with Crippen LogP contribution in [0.15, 0.2) is 84.9 Å². The van der Waals surface area contributed by atoms with E-state index in [-0.39, 0.29) is 11.1 Å². The van der Waals surface area contributed by atoms with Crippen LogP contribution in [-0.4, -0.2) is 22.2 Å². The van der Waals surface area contributed by atoms with Crippen LogP contribution < -0.4 is 11.5 Å². The van der Waals surface area contributed by atoms with Crippen molar-refractivity contribution in [1.29, 1.82) is 0 Å². The summed E-state index contributed by atoms with van der Waals surface area (Å²) < 4.78 is 0. The third-order valence-electron chi connectivity index (χ3n) is 3.88. The molecule has 0 spiro atoms. The number of nitrogens with two attached hydrogens (primary N) is 2. The molecule has 6 nitrogen and oxygen atoms in total. The van der Waals surface area contributed by atoms with Gasteiger partial charge in [-0.05, 0) is 35.4 Å². The smallest absolute Gasteiger partial charge is 0.335 e. The zero-order valence-electron chi connectivity index (χ0n) is 14.4. The van der Waals surface area contributed by atoms with Crippen molar-refractivity contribution in [2.24, 2.45) is 11.5 Å². The van der Waals surface area contributed by atoms with Crippen molar-refractivity contribution in [2.75, 3.05) is 0 Å². The molecule has 0 radical (unpaired) electrons. The number of hydrogen-bond donors (Lipinski definition) is 4. The summed E-state index contributed by atoms with van der Waals surface area (Å²) >= 11 is 0. The Kier molecular flexibility index (Phi) is 6.43. The van der Waals surface area contributed by atoms with Crippen molar-refractivity contribution in [1.82, 2.24) is 0 Å². The SMILES string of the molecule is NC(N)(c1ccccc1)c1ccccc1.O=C(O)c1ccc(C(=O)O)cc1. The number of carboxylic acids is 2. The van der Waals surface area contributed by atoms with E-state index >= 15 is 0 Å². The highest BCUT2D eigenvalue weighted by atomic mass is 16.4. The minimum atomic E-state index is -1.06. The molecule has 0 aliphatic heterocycles. The topological polar surface area (TPSA) is 127 Å². The van der Waals surface area contributed by atoms with E-state index in [0.717, 1.165) is 11.1 Å². The Morgan fingerprint density at radius 3 is 1.15 bits per heavy atom. The summed E-state index contributed by atoms with van der Waals surface area (Å²) in [5.41, 5.74) is 13.4. The lowest BCUT2D eigenvalue weighted by atomic mass is 9.93. The highest BCUT2D eigenvalue weighted by Gasteiger charge is 2.23. The second kappa shape index (κ2) is 8.75. The number of hydrogen-bond acceptors (Lipinski definition) is 4. The fourth-order valence-electron chi connectivity index (χ4n) is 2.35. The van der Waals surface area contributed by atoms with Crippen LogP contribution in [-0.2, 0) is 5.66 Å². The molecule has 0 aliphatic rings. The third-order valence-corrected chi connectivity index (χ3v) is 3.88. The molecule has 3 aromatic carbocycles. The third kappa shape index (κ3) is 5.24.